The third-order valence-corrected chi connectivity index (χ3v) is 2.46. The number of fused-ring (bicyclic) bond motifs is 1. The van der Waals surface area contributed by atoms with Crippen LogP contribution in [0, 0.1) is 0 Å². The molecule has 0 radical (unpaired) electrons. The van der Waals surface area contributed by atoms with Gasteiger partial charge in [0.15, 0.2) is 5.58 Å². The lowest BCUT2D eigenvalue weighted by Gasteiger charge is -2.20. The summed E-state index contributed by atoms with van der Waals surface area (Å²) >= 11 is 0. The number of carbonyl (C=O) groups excluding carboxylic acids is 1. The van der Waals surface area contributed by atoms with Crippen molar-refractivity contribution in [3.63, 3.8) is 0 Å². The minimum Gasteiger partial charge on any atom is -0.440 e. The summed E-state index contributed by atoms with van der Waals surface area (Å²) in [5.41, 5.74) is 1.00. The van der Waals surface area contributed by atoms with E-state index in [1.165, 1.54) is 0 Å². The van der Waals surface area contributed by atoms with E-state index < -0.39 is 25.0 Å². The van der Waals surface area contributed by atoms with Crippen LogP contribution in [0.1, 0.15) is 5.89 Å². The van der Waals surface area contributed by atoms with E-state index in [0.717, 1.165) is 7.11 Å². The molecule has 0 fully saturated rings. The van der Waals surface area contributed by atoms with Crippen molar-refractivity contribution in [2.24, 2.45) is 0 Å². The highest BCUT2D eigenvalue weighted by Crippen LogP contribution is 2.18. The molecule has 20 heavy (non-hydrogen) atoms. The van der Waals surface area contributed by atoms with Gasteiger partial charge in [-0.3, -0.25) is 9.63 Å². The molecule has 0 N–H and O–H groups in total. The van der Waals surface area contributed by atoms with Gasteiger partial charge in [0.1, 0.15) is 18.5 Å². The van der Waals surface area contributed by atoms with Crippen LogP contribution in [0.3, 0.4) is 0 Å². The molecular weight excluding hydrogens is 277 g/mol. The highest BCUT2D eigenvalue weighted by molar-refractivity contribution is 5.78. The molecule has 0 atom stereocenters. The Balaban J connectivity index is 2.09. The van der Waals surface area contributed by atoms with Crippen molar-refractivity contribution in [3.05, 3.63) is 30.2 Å². The van der Waals surface area contributed by atoms with Crippen LogP contribution in [-0.2, 0) is 16.1 Å². The Labute approximate surface area is 111 Å². The number of carbonyl (C=O) groups is 1. The summed E-state index contributed by atoms with van der Waals surface area (Å²) in [7, 11) is 0.996. The number of alkyl halides is 3. The highest BCUT2D eigenvalue weighted by Gasteiger charge is 2.34. The van der Waals surface area contributed by atoms with Gasteiger partial charge in [0, 0.05) is 0 Å². The van der Waals surface area contributed by atoms with Crippen molar-refractivity contribution < 1.29 is 27.2 Å². The average molecular weight is 288 g/mol. The second-order valence-electron chi connectivity index (χ2n) is 3.98. The molecule has 0 aliphatic rings. The smallest absolute Gasteiger partial charge is 0.408 e. The van der Waals surface area contributed by atoms with Crippen LogP contribution in [0.5, 0.6) is 0 Å². The first-order chi connectivity index (χ1) is 9.39. The normalized spacial score (nSPS) is 11.8. The van der Waals surface area contributed by atoms with Crippen LogP contribution in [-0.4, -0.2) is 35.8 Å². The van der Waals surface area contributed by atoms with Gasteiger partial charge >= 0.3 is 6.18 Å². The molecule has 2 rings (SSSR count). The van der Waals surface area contributed by atoms with Gasteiger partial charge < -0.3 is 4.42 Å². The van der Waals surface area contributed by atoms with Crippen molar-refractivity contribution in [2.75, 3.05) is 13.7 Å². The Morgan fingerprint density at radius 3 is 2.70 bits per heavy atom. The topological polar surface area (TPSA) is 55.6 Å². The molecule has 0 spiro atoms. The van der Waals surface area contributed by atoms with Crippen LogP contribution in [0.2, 0.25) is 0 Å². The number of halogens is 3. The van der Waals surface area contributed by atoms with Crippen molar-refractivity contribution in [3.8, 4) is 0 Å². The number of aromatic nitrogens is 1. The minimum atomic E-state index is -4.53. The Morgan fingerprint density at radius 2 is 2.10 bits per heavy atom. The number of amides is 1. The molecule has 0 unspecified atom stereocenters. The number of oxazole rings is 1. The quantitative estimate of drug-likeness (QED) is 0.810. The number of hydrogen-bond acceptors (Lipinski definition) is 4. The summed E-state index contributed by atoms with van der Waals surface area (Å²) < 4.78 is 42.0. The SMILES string of the molecule is CON(CC(F)(F)F)C(=O)Cc1nc2ccccc2o1. The molecule has 1 aromatic heterocycles. The van der Waals surface area contributed by atoms with Gasteiger partial charge in [0.05, 0.1) is 7.11 Å². The Morgan fingerprint density at radius 1 is 1.40 bits per heavy atom. The zero-order valence-corrected chi connectivity index (χ0v) is 10.5. The molecule has 1 amide bonds. The van der Waals surface area contributed by atoms with E-state index in [9.17, 15) is 18.0 Å². The minimum absolute atomic E-state index is 0.0421. The van der Waals surface area contributed by atoms with E-state index in [-0.39, 0.29) is 11.0 Å². The maximum Gasteiger partial charge on any atom is 0.408 e. The average Bonchev–Trinajstić information content (AvgIpc) is 2.76. The highest BCUT2D eigenvalue weighted by atomic mass is 19.4. The molecule has 2 aromatic rings. The maximum absolute atomic E-state index is 12.2. The van der Waals surface area contributed by atoms with E-state index >= 15 is 0 Å². The van der Waals surface area contributed by atoms with Gasteiger partial charge in [-0.15, -0.1) is 0 Å². The zero-order chi connectivity index (χ0) is 14.8. The van der Waals surface area contributed by atoms with Crippen molar-refractivity contribution in [2.45, 2.75) is 12.6 Å². The van der Waals surface area contributed by atoms with Crippen molar-refractivity contribution >= 4 is 17.0 Å². The van der Waals surface area contributed by atoms with Gasteiger partial charge in [-0.1, -0.05) is 12.1 Å². The third kappa shape index (κ3) is 3.47. The van der Waals surface area contributed by atoms with E-state index in [1.54, 1.807) is 24.3 Å². The predicted molar refractivity (Wildman–Crippen MR) is 62.5 cm³/mol. The van der Waals surface area contributed by atoms with Crippen LogP contribution in [0.4, 0.5) is 13.2 Å². The van der Waals surface area contributed by atoms with Crippen LogP contribution >= 0.6 is 0 Å². The summed E-state index contributed by atoms with van der Waals surface area (Å²) in [6.45, 7) is -1.48. The van der Waals surface area contributed by atoms with E-state index in [1.807, 2.05) is 0 Å². The van der Waals surface area contributed by atoms with Gasteiger partial charge in [-0.25, -0.2) is 10.0 Å². The molecule has 0 bridgehead atoms. The number of para-hydroxylation sites is 2. The fourth-order valence-electron chi connectivity index (χ4n) is 1.63. The van der Waals surface area contributed by atoms with E-state index in [0.29, 0.717) is 11.1 Å². The monoisotopic (exact) mass is 288 g/mol. The molecular formula is C12H11F3N2O3. The molecule has 5 nitrogen and oxygen atoms in total. The Kier molecular flexibility index (Phi) is 3.93. The molecule has 0 aliphatic heterocycles. The van der Waals surface area contributed by atoms with Gasteiger partial charge in [0.25, 0.3) is 5.91 Å². The zero-order valence-electron chi connectivity index (χ0n) is 10.5. The second-order valence-corrected chi connectivity index (χ2v) is 3.98. The lowest BCUT2D eigenvalue weighted by atomic mass is 10.3. The fourth-order valence-corrected chi connectivity index (χ4v) is 1.63. The van der Waals surface area contributed by atoms with Crippen LogP contribution < -0.4 is 0 Å². The van der Waals surface area contributed by atoms with Crippen LogP contribution in [0.15, 0.2) is 28.7 Å². The number of benzene rings is 1. The number of hydroxylamine groups is 2. The molecule has 1 aromatic carbocycles. The molecule has 8 heteroatoms. The summed E-state index contributed by atoms with van der Waals surface area (Å²) in [6, 6.07) is 6.79. The number of nitrogens with zero attached hydrogens (tertiary/aromatic N) is 2. The number of rotatable bonds is 4. The predicted octanol–water partition coefficient (Wildman–Crippen LogP) is 2.32. The number of hydrogen-bond donors (Lipinski definition) is 0. The van der Waals surface area contributed by atoms with Gasteiger partial charge in [-0.05, 0) is 12.1 Å². The Hall–Kier alpha value is -2.09. The van der Waals surface area contributed by atoms with E-state index in [2.05, 4.69) is 9.82 Å². The second kappa shape index (κ2) is 5.49. The largest absolute Gasteiger partial charge is 0.440 e. The molecule has 108 valence electrons. The molecule has 1 heterocycles. The fraction of sp³-hybridized carbons (Fsp3) is 0.333. The third-order valence-electron chi connectivity index (χ3n) is 2.46. The van der Waals surface area contributed by atoms with Crippen molar-refractivity contribution in [1.29, 1.82) is 0 Å². The first-order valence-electron chi connectivity index (χ1n) is 5.65. The van der Waals surface area contributed by atoms with E-state index in [4.69, 9.17) is 4.42 Å². The first-order valence-corrected chi connectivity index (χ1v) is 5.65. The summed E-state index contributed by atoms with van der Waals surface area (Å²) in [6.07, 6.45) is -4.94. The maximum atomic E-state index is 12.2. The summed E-state index contributed by atoms with van der Waals surface area (Å²) in [5.74, 6) is -0.836. The van der Waals surface area contributed by atoms with Crippen LogP contribution in [0.25, 0.3) is 11.1 Å². The summed E-state index contributed by atoms with van der Waals surface area (Å²) in [5, 5.41) is 0.231. The Bertz CT molecular complexity index is 576. The first kappa shape index (κ1) is 14.3. The molecule has 0 saturated carbocycles. The van der Waals surface area contributed by atoms with Gasteiger partial charge in [-0.2, -0.15) is 13.2 Å². The standard InChI is InChI=1S/C12H11F3N2O3/c1-19-17(7-12(13,14)15)11(18)6-10-16-8-4-2-3-5-9(8)20-10/h2-5H,6-7H2,1H3. The summed E-state index contributed by atoms with van der Waals surface area (Å²) in [4.78, 5) is 20.1. The van der Waals surface area contributed by atoms with Crippen molar-refractivity contribution in [1.82, 2.24) is 10.0 Å². The molecule has 0 saturated heterocycles. The lowest BCUT2D eigenvalue weighted by molar-refractivity contribution is -0.223. The molecule has 0 aliphatic carbocycles. The lowest BCUT2D eigenvalue weighted by Crippen LogP contribution is -2.39. The van der Waals surface area contributed by atoms with Gasteiger partial charge in [0.2, 0.25) is 5.89 Å².